The van der Waals surface area contributed by atoms with Crippen molar-refractivity contribution in [3.05, 3.63) is 64.9 Å². The first kappa shape index (κ1) is 16.2. The van der Waals surface area contributed by atoms with E-state index in [-0.39, 0.29) is 11.5 Å². The van der Waals surface area contributed by atoms with Crippen molar-refractivity contribution in [2.24, 2.45) is 5.73 Å². The van der Waals surface area contributed by atoms with E-state index in [1.807, 2.05) is 13.0 Å². The van der Waals surface area contributed by atoms with Crippen LogP contribution in [-0.2, 0) is 18.3 Å². The highest BCUT2D eigenvalue weighted by Gasteiger charge is 2.31. The van der Waals surface area contributed by atoms with Crippen molar-refractivity contribution in [2.45, 2.75) is 45.1 Å². The first-order valence-corrected chi connectivity index (χ1v) is 8.96. The molecule has 3 nitrogen and oxygen atoms in total. The molecule has 2 N–H and O–H groups in total. The number of hydrogen-bond acceptors (Lipinski definition) is 3. The van der Waals surface area contributed by atoms with Gasteiger partial charge in [0, 0.05) is 16.4 Å². The van der Waals surface area contributed by atoms with E-state index < -0.39 is 0 Å². The molecular weight excluding hydrogens is 310 g/mol. The highest BCUT2D eigenvalue weighted by molar-refractivity contribution is 5.78. The first-order valence-electron chi connectivity index (χ1n) is 8.96. The van der Waals surface area contributed by atoms with Crippen LogP contribution >= 0.6 is 0 Å². The van der Waals surface area contributed by atoms with Gasteiger partial charge in [-0.15, -0.1) is 0 Å². The number of rotatable bonds is 4. The highest BCUT2D eigenvalue weighted by atomic mass is 16.5. The molecule has 1 aliphatic rings. The molecule has 0 aliphatic carbocycles. The van der Waals surface area contributed by atoms with Crippen molar-refractivity contribution in [2.75, 3.05) is 6.61 Å². The van der Waals surface area contributed by atoms with Gasteiger partial charge < -0.3 is 14.9 Å². The molecule has 3 heteroatoms. The molecule has 0 amide bonds. The lowest BCUT2D eigenvalue weighted by molar-refractivity contribution is 0.291. The van der Waals surface area contributed by atoms with Crippen molar-refractivity contribution >= 4 is 11.0 Å². The van der Waals surface area contributed by atoms with Gasteiger partial charge in [0.1, 0.15) is 17.1 Å². The van der Waals surface area contributed by atoms with Gasteiger partial charge in [-0.3, -0.25) is 0 Å². The number of aryl methyl sites for hydroxylation is 2. The van der Waals surface area contributed by atoms with Gasteiger partial charge in [0.05, 0.1) is 12.6 Å². The van der Waals surface area contributed by atoms with Crippen LogP contribution in [0, 0.1) is 0 Å². The zero-order valence-corrected chi connectivity index (χ0v) is 15.1. The summed E-state index contributed by atoms with van der Waals surface area (Å²) >= 11 is 0. The molecule has 1 aromatic heterocycles. The van der Waals surface area contributed by atoms with E-state index in [1.54, 1.807) is 0 Å². The standard InChI is InChI=1S/C22H25NO2/c1-14(23)20-12-17-8-6-16(11-21(17)25-20)5-4-15-7-9-19-18(10-15)22(2,3)13-24-19/h6-12,14H,4-5,13,23H2,1-3H3. The van der Waals surface area contributed by atoms with Crippen LogP contribution in [0.2, 0.25) is 0 Å². The van der Waals surface area contributed by atoms with E-state index in [4.69, 9.17) is 14.9 Å². The maximum atomic E-state index is 5.91. The minimum atomic E-state index is -0.0761. The quantitative estimate of drug-likeness (QED) is 0.737. The van der Waals surface area contributed by atoms with Crippen LogP contribution in [0.25, 0.3) is 11.0 Å². The maximum absolute atomic E-state index is 5.91. The second-order valence-corrected chi connectivity index (χ2v) is 7.81. The average molecular weight is 335 g/mol. The molecule has 1 unspecified atom stereocenters. The minimum Gasteiger partial charge on any atom is -0.492 e. The summed E-state index contributed by atoms with van der Waals surface area (Å²) in [5.41, 5.74) is 10.9. The molecule has 0 saturated carbocycles. The lowest BCUT2D eigenvalue weighted by Gasteiger charge is -2.15. The molecule has 1 aliphatic heterocycles. The van der Waals surface area contributed by atoms with Crippen LogP contribution in [0.1, 0.15) is 49.3 Å². The van der Waals surface area contributed by atoms with Crippen LogP contribution in [-0.4, -0.2) is 6.61 Å². The third-order valence-electron chi connectivity index (χ3n) is 5.12. The van der Waals surface area contributed by atoms with Gasteiger partial charge in [0.15, 0.2) is 0 Å². The molecule has 130 valence electrons. The number of furan rings is 1. The number of hydrogen-bond donors (Lipinski definition) is 1. The molecule has 0 radical (unpaired) electrons. The Balaban J connectivity index is 1.53. The molecule has 0 spiro atoms. The summed E-state index contributed by atoms with van der Waals surface area (Å²) in [6.45, 7) is 7.19. The Bertz CT molecular complexity index is 921. The molecule has 25 heavy (non-hydrogen) atoms. The Kier molecular flexibility index (Phi) is 3.84. The number of fused-ring (bicyclic) bond motifs is 2. The second-order valence-electron chi connectivity index (χ2n) is 7.81. The number of ether oxygens (including phenoxy) is 1. The zero-order valence-electron chi connectivity index (χ0n) is 15.1. The Morgan fingerprint density at radius 3 is 2.52 bits per heavy atom. The van der Waals surface area contributed by atoms with Crippen LogP contribution in [0.3, 0.4) is 0 Å². The number of benzene rings is 2. The van der Waals surface area contributed by atoms with Gasteiger partial charge in [0.25, 0.3) is 0 Å². The largest absolute Gasteiger partial charge is 0.492 e. The highest BCUT2D eigenvalue weighted by Crippen LogP contribution is 2.38. The Morgan fingerprint density at radius 1 is 1.04 bits per heavy atom. The van der Waals surface area contributed by atoms with E-state index >= 15 is 0 Å². The topological polar surface area (TPSA) is 48.4 Å². The Hall–Kier alpha value is -2.26. The molecule has 0 saturated heterocycles. The fourth-order valence-electron chi connectivity index (χ4n) is 3.49. The SMILES string of the molecule is CC(N)c1cc2ccc(CCc3ccc4c(c3)C(C)(C)CO4)cc2o1. The van der Waals surface area contributed by atoms with Gasteiger partial charge in [-0.2, -0.15) is 0 Å². The van der Waals surface area contributed by atoms with E-state index in [0.29, 0.717) is 0 Å². The molecule has 4 rings (SSSR count). The predicted molar refractivity (Wildman–Crippen MR) is 101 cm³/mol. The van der Waals surface area contributed by atoms with Crippen molar-refractivity contribution in [3.63, 3.8) is 0 Å². The van der Waals surface area contributed by atoms with Crippen LogP contribution in [0.4, 0.5) is 0 Å². The molecule has 0 fully saturated rings. The predicted octanol–water partition coefficient (Wildman–Crippen LogP) is 4.91. The maximum Gasteiger partial charge on any atom is 0.134 e. The normalized spacial score (nSPS) is 16.6. The van der Waals surface area contributed by atoms with Gasteiger partial charge >= 0.3 is 0 Å². The van der Waals surface area contributed by atoms with Gasteiger partial charge in [-0.1, -0.05) is 38.1 Å². The summed E-state index contributed by atoms with van der Waals surface area (Å²) in [7, 11) is 0. The zero-order chi connectivity index (χ0) is 17.6. The van der Waals surface area contributed by atoms with Crippen LogP contribution in [0.5, 0.6) is 5.75 Å². The summed E-state index contributed by atoms with van der Waals surface area (Å²) in [5, 5.41) is 1.12. The monoisotopic (exact) mass is 335 g/mol. The average Bonchev–Trinajstić information content (AvgIpc) is 3.14. The Morgan fingerprint density at radius 2 is 1.76 bits per heavy atom. The fourth-order valence-corrected chi connectivity index (χ4v) is 3.49. The first-order chi connectivity index (χ1) is 11.9. The smallest absolute Gasteiger partial charge is 0.134 e. The molecule has 1 atom stereocenters. The van der Waals surface area contributed by atoms with Crippen molar-refractivity contribution in [1.82, 2.24) is 0 Å². The number of nitrogens with two attached hydrogens (primary N) is 1. The molecular formula is C22H25NO2. The van der Waals surface area contributed by atoms with E-state index in [2.05, 4.69) is 50.2 Å². The van der Waals surface area contributed by atoms with Crippen molar-refractivity contribution in [3.8, 4) is 5.75 Å². The molecule has 3 aromatic rings. The lowest BCUT2D eigenvalue weighted by Crippen LogP contribution is -2.18. The lowest BCUT2D eigenvalue weighted by atomic mass is 9.85. The summed E-state index contributed by atoms with van der Waals surface area (Å²) in [6, 6.07) is 15.0. The molecule has 2 aromatic carbocycles. The molecule has 0 bridgehead atoms. The van der Waals surface area contributed by atoms with Crippen molar-refractivity contribution in [1.29, 1.82) is 0 Å². The fraction of sp³-hybridized carbons (Fsp3) is 0.364. The Labute approximate surface area is 148 Å². The molecule has 2 heterocycles. The van der Waals surface area contributed by atoms with Crippen LogP contribution in [0.15, 0.2) is 46.9 Å². The van der Waals surface area contributed by atoms with E-state index in [0.717, 1.165) is 41.9 Å². The summed E-state index contributed by atoms with van der Waals surface area (Å²) in [4.78, 5) is 0. The minimum absolute atomic E-state index is 0.0761. The third kappa shape index (κ3) is 3.05. The summed E-state index contributed by atoms with van der Waals surface area (Å²) in [6.07, 6.45) is 2.00. The third-order valence-corrected chi connectivity index (χ3v) is 5.12. The summed E-state index contributed by atoms with van der Waals surface area (Å²) < 4.78 is 11.6. The second kappa shape index (κ2) is 5.92. The summed E-state index contributed by atoms with van der Waals surface area (Å²) in [5.74, 6) is 1.88. The van der Waals surface area contributed by atoms with Crippen LogP contribution < -0.4 is 10.5 Å². The van der Waals surface area contributed by atoms with Gasteiger partial charge in [-0.05, 0) is 49.1 Å². The van der Waals surface area contributed by atoms with Crippen molar-refractivity contribution < 1.29 is 9.15 Å². The van der Waals surface area contributed by atoms with Gasteiger partial charge in [-0.25, -0.2) is 0 Å². The van der Waals surface area contributed by atoms with Gasteiger partial charge in [0.2, 0.25) is 0 Å². The van der Waals surface area contributed by atoms with E-state index in [1.165, 1.54) is 16.7 Å². The van der Waals surface area contributed by atoms with E-state index in [9.17, 15) is 0 Å².